The molecule has 0 aromatic heterocycles. The molecule has 0 aliphatic rings. The summed E-state index contributed by atoms with van der Waals surface area (Å²) in [4.78, 5) is 4.26. The van der Waals surface area contributed by atoms with Gasteiger partial charge in [-0.3, -0.25) is 4.99 Å². The number of methoxy groups -OCH3 is 4. The fourth-order valence-electron chi connectivity index (χ4n) is 2.73. The minimum Gasteiger partial charge on any atom is -0.496 e. The largest absolute Gasteiger partial charge is 0.496 e. The van der Waals surface area contributed by atoms with Gasteiger partial charge in [-0.25, -0.2) is 0 Å². The number of rotatable bonds is 8. The quantitative estimate of drug-likeness (QED) is 0.547. The summed E-state index contributed by atoms with van der Waals surface area (Å²) in [6.45, 7) is 1.10. The summed E-state index contributed by atoms with van der Waals surface area (Å²) in [5.41, 5.74) is 1.97. The number of aliphatic imine (C=N–C) groups is 1. The number of hydrogen-bond donors (Lipinski definition) is 2. The Hall–Kier alpha value is -3.09. The van der Waals surface area contributed by atoms with Crippen LogP contribution in [-0.4, -0.2) is 41.4 Å². The Kier molecular flexibility index (Phi) is 7.61. The molecular weight excluding hydrogens is 346 g/mol. The molecule has 0 aliphatic carbocycles. The summed E-state index contributed by atoms with van der Waals surface area (Å²) >= 11 is 0. The van der Waals surface area contributed by atoms with Crippen LogP contribution in [0.2, 0.25) is 0 Å². The predicted octanol–water partition coefficient (Wildman–Crippen LogP) is 2.59. The van der Waals surface area contributed by atoms with Crippen LogP contribution >= 0.6 is 0 Å². The number of guanidine groups is 1. The van der Waals surface area contributed by atoms with Crippen molar-refractivity contribution < 1.29 is 18.9 Å². The van der Waals surface area contributed by atoms with Gasteiger partial charge in [-0.15, -0.1) is 0 Å². The van der Waals surface area contributed by atoms with Crippen molar-refractivity contribution in [1.82, 2.24) is 10.6 Å². The highest BCUT2D eigenvalue weighted by molar-refractivity contribution is 5.79. The monoisotopic (exact) mass is 373 g/mol. The normalized spacial score (nSPS) is 10.9. The van der Waals surface area contributed by atoms with Gasteiger partial charge < -0.3 is 29.6 Å². The molecule has 2 rings (SSSR count). The minimum absolute atomic E-state index is 0.509. The van der Waals surface area contributed by atoms with Crippen LogP contribution in [0.3, 0.4) is 0 Å². The van der Waals surface area contributed by atoms with Crippen LogP contribution in [0.5, 0.6) is 23.0 Å². The van der Waals surface area contributed by atoms with Crippen LogP contribution in [0.4, 0.5) is 0 Å². The van der Waals surface area contributed by atoms with Crippen molar-refractivity contribution in [3.05, 3.63) is 47.5 Å². The first-order chi connectivity index (χ1) is 13.2. The van der Waals surface area contributed by atoms with Crippen LogP contribution in [-0.2, 0) is 13.1 Å². The van der Waals surface area contributed by atoms with E-state index in [0.717, 1.165) is 16.9 Å². The lowest BCUT2D eigenvalue weighted by Crippen LogP contribution is -2.36. The van der Waals surface area contributed by atoms with Crippen molar-refractivity contribution in [3.63, 3.8) is 0 Å². The molecule has 0 unspecified atom stereocenters. The molecule has 0 saturated carbocycles. The average molecular weight is 373 g/mol. The van der Waals surface area contributed by atoms with Crippen molar-refractivity contribution in [3.8, 4) is 23.0 Å². The maximum atomic E-state index is 5.51. The first-order valence-electron chi connectivity index (χ1n) is 8.52. The van der Waals surface area contributed by atoms with E-state index in [2.05, 4.69) is 15.6 Å². The van der Waals surface area contributed by atoms with Crippen LogP contribution in [0.15, 0.2) is 41.4 Å². The molecule has 2 N–H and O–H groups in total. The second kappa shape index (κ2) is 10.2. The Bertz CT molecular complexity index is 778. The fourth-order valence-corrected chi connectivity index (χ4v) is 2.73. The fraction of sp³-hybridized carbons (Fsp3) is 0.350. The minimum atomic E-state index is 0.509. The summed E-state index contributed by atoms with van der Waals surface area (Å²) in [5, 5.41) is 6.56. The molecule has 0 atom stereocenters. The van der Waals surface area contributed by atoms with E-state index < -0.39 is 0 Å². The van der Waals surface area contributed by atoms with E-state index >= 15 is 0 Å². The van der Waals surface area contributed by atoms with E-state index in [1.54, 1.807) is 35.5 Å². The molecule has 0 heterocycles. The van der Waals surface area contributed by atoms with E-state index in [-0.39, 0.29) is 0 Å². The first-order valence-corrected chi connectivity index (χ1v) is 8.52. The maximum Gasteiger partial charge on any atom is 0.203 e. The summed E-state index contributed by atoms with van der Waals surface area (Å²) in [6, 6.07) is 11.6. The van der Waals surface area contributed by atoms with Crippen LogP contribution in [0, 0.1) is 0 Å². The van der Waals surface area contributed by atoms with Gasteiger partial charge in [0.1, 0.15) is 5.75 Å². The van der Waals surface area contributed by atoms with Crippen LogP contribution in [0.1, 0.15) is 11.1 Å². The first kappa shape index (κ1) is 20.2. The second-order valence-corrected chi connectivity index (χ2v) is 5.58. The molecule has 0 spiro atoms. The summed E-state index contributed by atoms with van der Waals surface area (Å²) in [7, 11) is 8.18. The molecule has 2 aromatic carbocycles. The molecule has 146 valence electrons. The third kappa shape index (κ3) is 4.97. The van der Waals surface area contributed by atoms with Gasteiger partial charge in [0.25, 0.3) is 0 Å². The number of benzene rings is 2. The lowest BCUT2D eigenvalue weighted by Gasteiger charge is -2.17. The van der Waals surface area contributed by atoms with Gasteiger partial charge in [-0.1, -0.05) is 18.2 Å². The van der Waals surface area contributed by atoms with Gasteiger partial charge in [0, 0.05) is 31.3 Å². The van der Waals surface area contributed by atoms with Crippen molar-refractivity contribution in [1.29, 1.82) is 0 Å². The van der Waals surface area contributed by atoms with Crippen molar-refractivity contribution >= 4 is 5.96 Å². The molecule has 0 bridgehead atoms. The third-order valence-corrected chi connectivity index (χ3v) is 4.09. The zero-order valence-corrected chi connectivity index (χ0v) is 16.5. The Morgan fingerprint density at radius 1 is 0.741 bits per heavy atom. The van der Waals surface area contributed by atoms with E-state index in [1.165, 1.54) is 0 Å². The standard InChI is InChI=1S/C20H27N3O4/c1-21-20(22-12-14-8-6-7-9-16(14)24-2)23-13-15-10-11-17(25-3)19(27-5)18(15)26-4/h6-11H,12-13H2,1-5H3,(H2,21,22,23). The van der Waals surface area contributed by atoms with Gasteiger partial charge in [-0.2, -0.15) is 0 Å². The Morgan fingerprint density at radius 2 is 1.37 bits per heavy atom. The SMILES string of the molecule is CN=C(NCc1ccccc1OC)NCc1ccc(OC)c(OC)c1OC. The highest BCUT2D eigenvalue weighted by Gasteiger charge is 2.16. The van der Waals surface area contributed by atoms with E-state index in [9.17, 15) is 0 Å². The lowest BCUT2D eigenvalue weighted by atomic mass is 10.1. The number of nitrogens with zero attached hydrogens (tertiary/aromatic N) is 1. The number of nitrogens with one attached hydrogen (secondary N) is 2. The molecule has 7 nitrogen and oxygen atoms in total. The smallest absolute Gasteiger partial charge is 0.203 e. The lowest BCUT2D eigenvalue weighted by molar-refractivity contribution is 0.322. The summed E-state index contributed by atoms with van der Waals surface area (Å²) < 4.78 is 21.6. The zero-order valence-electron chi connectivity index (χ0n) is 16.5. The second-order valence-electron chi connectivity index (χ2n) is 5.58. The average Bonchev–Trinajstić information content (AvgIpc) is 2.73. The van der Waals surface area contributed by atoms with Gasteiger partial charge in [0.15, 0.2) is 17.5 Å². The molecule has 27 heavy (non-hydrogen) atoms. The Morgan fingerprint density at radius 3 is 1.96 bits per heavy atom. The van der Waals surface area contributed by atoms with Crippen molar-refractivity contribution in [2.75, 3.05) is 35.5 Å². The zero-order chi connectivity index (χ0) is 19.6. The Labute approximate surface area is 160 Å². The van der Waals surface area contributed by atoms with Gasteiger partial charge in [0.05, 0.1) is 28.4 Å². The number of para-hydroxylation sites is 1. The highest BCUT2D eigenvalue weighted by atomic mass is 16.5. The third-order valence-electron chi connectivity index (χ3n) is 4.09. The predicted molar refractivity (Wildman–Crippen MR) is 106 cm³/mol. The Balaban J connectivity index is 2.06. The maximum absolute atomic E-state index is 5.51. The van der Waals surface area contributed by atoms with Crippen LogP contribution in [0.25, 0.3) is 0 Å². The molecule has 2 aromatic rings. The molecule has 0 radical (unpaired) electrons. The number of ether oxygens (including phenoxy) is 4. The van der Waals surface area contributed by atoms with E-state index in [0.29, 0.717) is 36.3 Å². The van der Waals surface area contributed by atoms with E-state index in [4.69, 9.17) is 18.9 Å². The summed E-state index contributed by atoms with van der Waals surface area (Å²) in [6.07, 6.45) is 0. The topological polar surface area (TPSA) is 73.3 Å². The van der Waals surface area contributed by atoms with Gasteiger partial charge in [-0.05, 0) is 18.2 Å². The highest BCUT2D eigenvalue weighted by Crippen LogP contribution is 2.39. The molecule has 7 heteroatoms. The van der Waals surface area contributed by atoms with E-state index in [1.807, 2.05) is 36.4 Å². The molecular formula is C20H27N3O4. The molecule has 0 amide bonds. The molecule has 0 saturated heterocycles. The van der Waals surface area contributed by atoms with Crippen molar-refractivity contribution in [2.24, 2.45) is 4.99 Å². The van der Waals surface area contributed by atoms with Crippen molar-refractivity contribution in [2.45, 2.75) is 13.1 Å². The number of hydrogen-bond acceptors (Lipinski definition) is 5. The molecule has 0 aliphatic heterocycles. The molecule has 0 fully saturated rings. The van der Waals surface area contributed by atoms with Gasteiger partial charge in [0.2, 0.25) is 5.75 Å². The van der Waals surface area contributed by atoms with Gasteiger partial charge >= 0.3 is 0 Å². The van der Waals surface area contributed by atoms with Crippen LogP contribution < -0.4 is 29.6 Å². The summed E-state index contributed by atoms with van der Waals surface area (Å²) in [5.74, 6) is 3.32.